The molecular formula is C46H47N3O6S2. The fourth-order valence-corrected chi connectivity index (χ4v) is 9.18. The third kappa shape index (κ3) is 10.2. The molecule has 2 atom stereocenters. The molecule has 3 amide bonds. The zero-order valence-corrected chi connectivity index (χ0v) is 34.4. The number of carbonyl (C=O) groups excluding carboxylic acids is 4. The van der Waals surface area contributed by atoms with Crippen LogP contribution in [0.1, 0.15) is 81.6 Å². The maximum absolute atomic E-state index is 14.3. The van der Waals surface area contributed by atoms with E-state index in [1.807, 2.05) is 61.5 Å². The van der Waals surface area contributed by atoms with E-state index in [4.69, 9.17) is 9.47 Å². The van der Waals surface area contributed by atoms with Crippen molar-refractivity contribution in [2.75, 3.05) is 24.4 Å². The molecule has 0 fully saturated rings. The van der Waals surface area contributed by atoms with E-state index in [0.29, 0.717) is 50.5 Å². The average molecular weight is 802 g/mol. The van der Waals surface area contributed by atoms with Gasteiger partial charge in [0.25, 0.3) is 11.8 Å². The van der Waals surface area contributed by atoms with Crippen LogP contribution in [-0.2, 0) is 27.2 Å². The number of fused-ring (bicyclic) bond motifs is 1. The Hall–Kier alpha value is -5.65. The number of carbonyl (C=O) groups is 4. The van der Waals surface area contributed by atoms with Gasteiger partial charge in [-0.15, -0.1) is 23.1 Å². The van der Waals surface area contributed by atoms with Gasteiger partial charge in [-0.2, -0.15) is 0 Å². The van der Waals surface area contributed by atoms with Crippen LogP contribution in [0.4, 0.5) is 10.7 Å². The molecule has 3 N–H and O–H groups in total. The summed E-state index contributed by atoms with van der Waals surface area (Å²) in [6.07, 6.45) is 4.13. The first-order chi connectivity index (χ1) is 27.4. The second kappa shape index (κ2) is 18.5. The molecule has 0 bridgehead atoms. The highest BCUT2D eigenvalue weighted by Gasteiger charge is 2.35. The number of esters is 1. The Kier molecular flexibility index (Phi) is 13.3. The van der Waals surface area contributed by atoms with E-state index in [2.05, 4.69) is 36.7 Å². The molecule has 5 aromatic rings. The first-order valence-electron chi connectivity index (χ1n) is 18.9. The third-order valence-corrected chi connectivity index (χ3v) is 12.3. The highest BCUT2D eigenvalue weighted by atomic mass is 32.2. The van der Waals surface area contributed by atoms with Crippen molar-refractivity contribution in [3.63, 3.8) is 0 Å². The van der Waals surface area contributed by atoms with Crippen LogP contribution in [0, 0.1) is 11.3 Å². The van der Waals surface area contributed by atoms with Crippen molar-refractivity contribution in [3.05, 3.63) is 148 Å². The van der Waals surface area contributed by atoms with Crippen molar-refractivity contribution in [2.24, 2.45) is 11.3 Å². The molecule has 1 heterocycles. The van der Waals surface area contributed by atoms with Crippen LogP contribution in [0.15, 0.2) is 120 Å². The SMILES string of the molecule is CCOc1ccccc1/C=C(/NC(=O)c1ccccc1)C(=O)Nc1cccc(SC(C(=O)Nc2sc3c(c2C(=O)OC)CCC(C(C)(C)C)C3)c2ccccc2)c1. The van der Waals surface area contributed by atoms with Crippen LogP contribution in [0.3, 0.4) is 0 Å². The Bertz CT molecular complexity index is 2260. The summed E-state index contributed by atoms with van der Waals surface area (Å²) in [6.45, 7) is 9.02. The molecule has 1 aliphatic rings. The van der Waals surface area contributed by atoms with Crippen LogP contribution in [0.5, 0.6) is 5.75 Å². The molecule has 57 heavy (non-hydrogen) atoms. The fourth-order valence-electron chi connectivity index (χ4n) is 6.78. The zero-order chi connectivity index (χ0) is 40.5. The van der Waals surface area contributed by atoms with Crippen molar-refractivity contribution < 1.29 is 28.7 Å². The molecule has 11 heteroatoms. The smallest absolute Gasteiger partial charge is 0.341 e. The third-order valence-electron chi connectivity index (χ3n) is 9.85. The van der Waals surface area contributed by atoms with Crippen molar-refractivity contribution in [1.82, 2.24) is 5.32 Å². The maximum atomic E-state index is 14.3. The summed E-state index contributed by atoms with van der Waals surface area (Å²) in [5, 5.41) is 8.63. The topological polar surface area (TPSA) is 123 Å². The summed E-state index contributed by atoms with van der Waals surface area (Å²) in [5.74, 6) is -0.717. The van der Waals surface area contributed by atoms with Gasteiger partial charge < -0.3 is 25.4 Å². The van der Waals surface area contributed by atoms with Gasteiger partial charge >= 0.3 is 5.97 Å². The normalized spacial score (nSPS) is 14.5. The lowest BCUT2D eigenvalue weighted by Crippen LogP contribution is -2.30. The van der Waals surface area contributed by atoms with Gasteiger partial charge in [0.05, 0.1) is 19.3 Å². The molecular weight excluding hydrogens is 755 g/mol. The van der Waals surface area contributed by atoms with Gasteiger partial charge in [-0.1, -0.05) is 93.6 Å². The first kappa shape index (κ1) is 41.0. The largest absolute Gasteiger partial charge is 0.493 e. The van der Waals surface area contributed by atoms with E-state index in [0.717, 1.165) is 35.3 Å². The number of hydrogen-bond donors (Lipinski definition) is 3. The predicted molar refractivity (Wildman–Crippen MR) is 229 cm³/mol. The molecule has 0 saturated heterocycles. The van der Waals surface area contributed by atoms with Gasteiger partial charge in [-0.25, -0.2) is 4.79 Å². The number of thioether (sulfide) groups is 1. The minimum atomic E-state index is -0.709. The van der Waals surface area contributed by atoms with E-state index in [9.17, 15) is 19.2 Å². The Balaban J connectivity index is 1.26. The quantitative estimate of drug-likeness (QED) is 0.0616. The van der Waals surface area contributed by atoms with E-state index in [1.54, 1.807) is 60.7 Å². The van der Waals surface area contributed by atoms with Crippen molar-refractivity contribution >= 4 is 63.6 Å². The van der Waals surface area contributed by atoms with Gasteiger partial charge in [0, 0.05) is 26.6 Å². The molecule has 0 aliphatic heterocycles. The number of amides is 3. The first-order valence-corrected chi connectivity index (χ1v) is 20.6. The van der Waals surface area contributed by atoms with Crippen molar-refractivity contribution in [2.45, 2.75) is 57.1 Å². The summed E-state index contributed by atoms with van der Waals surface area (Å²) >= 11 is 2.78. The molecule has 0 saturated carbocycles. The summed E-state index contributed by atoms with van der Waals surface area (Å²) in [6, 6.07) is 32.6. The summed E-state index contributed by atoms with van der Waals surface area (Å²) < 4.78 is 11.0. The van der Waals surface area contributed by atoms with Gasteiger partial charge in [0.15, 0.2) is 0 Å². The molecule has 4 aromatic carbocycles. The number of para-hydroxylation sites is 1. The summed E-state index contributed by atoms with van der Waals surface area (Å²) in [7, 11) is 1.36. The van der Waals surface area contributed by atoms with Gasteiger partial charge in [0.1, 0.15) is 21.7 Å². The Morgan fingerprint density at radius 3 is 2.30 bits per heavy atom. The van der Waals surface area contributed by atoms with Crippen LogP contribution >= 0.6 is 23.1 Å². The number of anilines is 2. The number of ether oxygens (including phenoxy) is 2. The highest BCUT2D eigenvalue weighted by molar-refractivity contribution is 8.00. The number of hydrogen-bond acceptors (Lipinski definition) is 8. The van der Waals surface area contributed by atoms with E-state index < -0.39 is 23.0 Å². The van der Waals surface area contributed by atoms with Crippen molar-refractivity contribution in [3.8, 4) is 5.75 Å². The fraction of sp³-hybridized carbons (Fsp3) is 0.261. The molecule has 9 nitrogen and oxygen atoms in total. The Morgan fingerprint density at radius 2 is 1.60 bits per heavy atom. The molecule has 294 valence electrons. The standard InChI is InChI=1S/C46H47N3O6S2/c1-6-55-37-23-14-13-20-31(37)26-36(48-41(50)30-18-11-8-12-19-30)42(51)47-33-21-15-22-34(28-33)56-40(29-16-9-7-10-17-29)43(52)49-44-39(45(53)54-5)35-25-24-32(46(2,3)4)27-38(35)57-44/h7-23,26,28,32,40H,6,24-25,27H2,1-5H3,(H,47,51)(H,48,50)(H,49,52)/b36-26+. The lowest BCUT2D eigenvalue weighted by atomic mass is 9.72. The second-order valence-electron chi connectivity index (χ2n) is 14.7. The van der Waals surface area contributed by atoms with Crippen LogP contribution in [-0.4, -0.2) is 37.4 Å². The molecule has 0 spiro atoms. The van der Waals surface area contributed by atoms with Gasteiger partial charge in [-0.3, -0.25) is 14.4 Å². The number of rotatable bonds is 13. The highest BCUT2D eigenvalue weighted by Crippen LogP contribution is 2.45. The lowest BCUT2D eigenvalue weighted by molar-refractivity contribution is -0.116. The Morgan fingerprint density at radius 1 is 0.895 bits per heavy atom. The van der Waals surface area contributed by atoms with Crippen LogP contribution in [0.2, 0.25) is 0 Å². The lowest BCUT2D eigenvalue weighted by Gasteiger charge is -2.33. The molecule has 1 aliphatic carbocycles. The minimum Gasteiger partial charge on any atom is -0.493 e. The number of nitrogens with one attached hydrogen (secondary N) is 3. The number of methoxy groups -OCH3 is 1. The molecule has 6 rings (SSSR count). The molecule has 0 radical (unpaired) electrons. The molecule has 2 unspecified atom stereocenters. The van der Waals surface area contributed by atoms with E-state index in [-0.39, 0.29) is 17.0 Å². The van der Waals surface area contributed by atoms with E-state index >= 15 is 0 Å². The minimum absolute atomic E-state index is 0.0180. The maximum Gasteiger partial charge on any atom is 0.341 e. The average Bonchev–Trinajstić information content (AvgIpc) is 3.57. The van der Waals surface area contributed by atoms with Crippen molar-refractivity contribution in [1.29, 1.82) is 0 Å². The zero-order valence-electron chi connectivity index (χ0n) is 32.7. The molecule has 1 aromatic heterocycles. The van der Waals surface area contributed by atoms with Crippen LogP contribution < -0.4 is 20.7 Å². The summed E-state index contributed by atoms with van der Waals surface area (Å²) in [5.41, 5.74) is 3.78. The van der Waals surface area contributed by atoms with Gasteiger partial charge in [-0.05, 0) is 91.1 Å². The second-order valence-corrected chi connectivity index (χ2v) is 17.0. The summed E-state index contributed by atoms with van der Waals surface area (Å²) in [4.78, 5) is 56.5. The predicted octanol–water partition coefficient (Wildman–Crippen LogP) is 9.97. The van der Waals surface area contributed by atoms with Crippen LogP contribution in [0.25, 0.3) is 6.08 Å². The van der Waals surface area contributed by atoms with E-state index in [1.165, 1.54) is 30.2 Å². The number of benzene rings is 4. The monoisotopic (exact) mass is 801 g/mol. The Labute approximate surface area is 342 Å². The number of thiophene rings is 1. The van der Waals surface area contributed by atoms with Gasteiger partial charge in [0.2, 0.25) is 5.91 Å².